The van der Waals surface area contributed by atoms with Gasteiger partial charge in [-0.1, -0.05) is 158 Å². The molecule has 0 bridgehead atoms. The average molecular weight is 640 g/mol. The first-order valence-corrected chi connectivity index (χ1v) is 17.5. The summed E-state index contributed by atoms with van der Waals surface area (Å²) < 4.78 is 0. The summed E-state index contributed by atoms with van der Waals surface area (Å²) in [5, 5.41) is 0. The summed E-state index contributed by atoms with van der Waals surface area (Å²) in [7, 11) is 0. The number of anilines is 3. The Morgan fingerprint density at radius 3 is 1.62 bits per heavy atom. The lowest BCUT2D eigenvalue weighted by molar-refractivity contribution is 0.793. The highest BCUT2D eigenvalue weighted by Gasteiger charge is 2.51. The van der Waals surface area contributed by atoms with E-state index in [2.05, 4.69) is 207 Å². The van der Waals surface area contributed by atoms with Gasteiger partial charge in [-0.15, -0.1) is 0 Å². The maximum absolute atomic E-state index is 2.48. The number of para-hydroxylation sites is 1. The molecule has 0 aliphatic heterocycles. The molecule has 7 aromatic carbocycles. The number of benzene rings is 7. The molecule has 0 radical (unpaired) electrons. The van der Waals surface area contributed by atoms with Gasteiger partial charge in [0.15, 0.2) is 0 Å². The molecule has 0 saturated carbocycles. The summed E-state index contributed by atoms with van der Waals surface area (Å²) >= 11 is 0. The standard InChI is InChI=1S/C49H37N/c1-3-17-34(4-2)36-20-16-21-37(32-36)50(48-29-15-11-22-39(48)35-18-6-5-7-19-35)38-30-31-43-42-25-10-14-28-46(42)49(47(43)33-38)44-26-12-8-23-40(44)41-24-9-13-27-45(41)49/h3-33H,1-2H3/b17-3-,34-4+. The van der Waals surface area contributed by atoms with Gasteiger partial charge in [-0.3, -0.25) is 0 Å². The van der Waals surface area contributed by atoms with Gasteiger partial charge in [-0.2, -0.15) is 0 Å². The smallest absolute Gasteiger partial charge is 0.0726 e. The summed E-state index contributed by atoms with van der Waals surface area (Å²) in [5.74, 6) is 0. The zero-order chi connectivity index (χ0) is 33.7. The molecule has 0 unspecified atom stereocenters. The number of rotatable bonds is 6. The third-order valence-corrected chi connectivity index (χ3v) is 10.6. The van der Waals surface area contributed by atoms with Crippen molar-refractivity contribution in [2.45, 2.75) is 19.3 Å². The number of allylic oxidation sites excluding steroid dienone is 4. The fraction of sp³-hybridized carbons (Fsp3) is 0.0612. The van der Waals surface area contributed by atoms with Crippen LogP contribution >= 0.6 is 0 Å². The van der Waals surface area contributed by atoms with Crippen molar-refractivity contribution in [1.29, 1.82) is 0 Å². The molecule has 50 heavy (non-hydrogen) atoms. The van der Waals surface area contributed by atoms with E-state index in [0.29, 0.717) is 0 Å². The third kappa shape index (κ3) is 4.40. The van der Waals surface area contributed by atoms with E-state index >= 15 is 0 Å². The largest absolute Gasteiger partial charge is 0.310 e. The topological polar surface area (TPSA) is 3.24 Å². The molecular weight excluding hydrogens is 603 g/mol. The van der Waals surface area contributed by atoms with Crippen LogP contribution in [0.4, 0.5) is 17.1 Å². The van der Waals surface area contributed by atoms with Gasteiger partial charge in [0.2, 0.25) is 0 Å². The zero-order valence-corrected chi connectivity index (χ0v) is 28.3. The van der Waals surface area contributed by atoms with Gasteiger partial charge in [-0.25, -0.2) is 0 Å². The lowest BCUT2D eigenvalue weighted by Crippen LogP contribution is -2.26. The van der Waals surface area contributed by atoms with Gasteiger partial charge >= 0.3 is 0 Å². The van der Waals surface area contributed by atoms with Gasteiger partial charge in [0, 0.05) is 16.9 Å². The molecule has 238 valence electrons. The summed E-state index contributed by atoms with van der Waals surface area (Å²) in [6, 6.07) is 62.7. The van der Waals surface area contributed by atoms with Crippen molar-refractivity contribution >= 4 is 22.6 Å². The summed E-state index contributed by atoms with van der Waals surface area (Å²) in [6.07, 6.45) is 6.48. The molecule has 0 aromatic heterocycles. The van der Waals surface area contributed by atoms with E-state index in [0.717, 1.165) is 17.1 Å². The third-order valence-electron chi connectivity index (χ3n) is 10.6. The van der Waals surface area contributed by atoms with Gasteiger partial charge in [-0.05, 0) is 105 Å². The van der Waals surface area contributed by atoms with Crippen LogP contribution in [0.25, 0.3) is 39.0 Å². The van der Waals surface area contributed by atoms with E-state index in [-0.39, 0.29) is 0 Å². The van der Waals surface area contributed by atoms with Crippen LogP contribution in [0.3, 0.4) is 0 Å². The van der Waals surface area contributed by atoms with Gasteiger partial charge in [0.05, 0.1) is 11.1 Å². The van der Waals surface area contributed by atoms with Crippen LogP contribution in [0.5, 0.6) is 0 Å². The SMILES string of the molecule is C/C=C\C(=C/C)c1cccc(N(c2ccc3c(c2)C2(c4ccccc4-c4ccccc42)c2ccccc2-3)c2ccccc2-c2ccccc2)c1. The number of nitrogens with zero attached hydrogens (tertiary/aromatic N) is 1. The van der Waals surface area contributed by atoms with Crippen LogP contribution in [0.2, 0.25) is 0 Å². The van der Waals surface area contributed by atoms with Crippen molar-refractivity contribution in [1.82, 2.24) is 0 Å². The molecule has 1 heteroatoms. The second-order valence-corrected chi connectivity index (χ2v) is 13.1. The van der Waals surface area contributed by atoms with Crippen LogP contribution in [-0.4, -0.2) is 0 Å². The molecule has 0 N–H and O–H groups in total. The van der Waals surface area contributed by atoms with E-state index < -0.39 is 5.41 Å². The summed E-state index contributed by atoms with van der Waals surface area (Å²) in [6.45, 7) is 4.19. The molecule has 1 spiro atoms. The van der Waals surface area contributed by atoms with Crippen molar-refractivity contribution in [3.8, 4) is 33.4 Å². The Labute approximate surface area is 295 Å². The van der Waals surface area contributed by atoms with E-state index in [9.17, 15) is 0 Å². The van der Waals surface area contributed by atoms with Crippen LogP contribution in [-0.2, 0) is 5.41 Å². The molecule has 0 saturated heterocycles. The molecule has 2 aliphatic carbocycles. The monoisotopic (exact) mass is 639 g/mol. The van der Waals surface area contributed by atoms with Gasteiger partial charge in [0.1, 0.15) is 0 Å². The molecule has 2 aliphatic rings. The van der Waals surface area contributed by atoms with E-state index in [4.69, 9.17) is 0 Å². The summed E-state index contributed by atoms with van der Waals surface area (Å²) in [4.78, 5) is 2.46. The maximum atomic E-state index is 2.48. The fourth-order valence-corrected chi connectivity index (χ4v) is 8.54. The van der Waals surface area contributed by atoms with Crippen molar-refractivity contribution in [3.63, 3.8) is 0 Å². The molecule has 1 nitrogen and oxygen atoms in total. The second kappa shape index (κ2) is 12.1. The highest BCUT2D eigenvalue weighted by molar-refractivity contribution is 5.97. The Hall–Kier alpha value is -6.18. The fourth-order valence-electron chi connectivity index (χ4n) is 8.54. The van der Waals surface area contributed by atoms with E-state index in [1.54, 1.807) is 0 Å². The summed E-state index contributed by atoms with van der Waals surface area (Å²) in [5.41, 5.74) is 18.4. The molecular formula is C49H37N. The highest BCUT2D eigenvalue weighted by Crippen LogP contribution is 2.63. The van der Waals surface area contributed by atoms with Crippen molar-refractivity contribution in [2.24, 2.45) is 0 Å². The molecule has 0 amide bonds. The van der Waals surface area contributed by atoms with E-state index in [1.165, 1.54) is 66.8 Å². The number of hydrogen-bond donors (Lipinski definition) is 0. The molecule has 0 fully saturated rings. The average Bonchev–Trinajstić information content (AvgIpc) is 3.65. The first-order valence-electron chi connectivity index (χ1n) is 17.5. The van der Waals surface area contributed by atoms with Crippen LogP contribution in [0.1, 0.15) is 41.7 Å². The minimum absolute atomic E-state index is 0.411. The van der Waals surface area contributed by atoms with Crippen LogP contribution < -0.4 is 4.90 Å². The second-order valence-electron chi connectivity index (χ2n) is 13.1. The van der Waals surface area contributed by atoms with Gasteiger partial charge in [0.25, 0.3) is 0 Å². The lowest BCUT2D eigenvalue weighted by Gasteiger charge is -2.33. The zero-order valence-electron chi connectivity index (χ0n) is 28.3. The Bertz CT molecular complexity index is 2400. The lowest BCUT2D eigenvalue weighted by atomic mass is 9.70. The quantitative estimate of drug-likeness (QED) is 0.164. The van der Waals surface area contributed by atoms with Crippen LogP contribution in [0.15, 0.2) is 188 Å². The van der Waals surface area contributed by atoms with Crippen LogP contribution in [0, 0.1) is 0 Å². The Balaban J connectivity index is 1.34. The number of fused-ring (bicyclic) bond motifs is 10. The molecule has 7 aromatic rings. The Kier molecular flexibility index (Phi) is 7.21. The molecule has 0 heterocycles. The predicted octanol–water partition coefficient (Wildman–Crippen LogP) is 13.1. The predicted molar refractivity (Wildman–Crippen MR) is 211 cm³/mol. The Morgan fingerprint density at radius 1 is 0.460 bits per heavy atom. The minimum Gasteiger partial charge on any atom is -0.310 e. The first-order chi connectivity index (χ1) is 24.7. The van der Waals surface area contributed by atoms with Crippen molar-refractivity contribution in [3.05, 3.63) is 216 Å². The molecule has 9 rings (SSSR count). The van der Waals surface area contributed by atoms with Gasteiger partial charge < -0.3 is 4.90 Å². The number of hydrogen-bond acceptors (Lipinski definition) is 1. The minimum atomic E-state index is -0.411. The molecule has 0 atom stereocenters. The highest BCUT2D eigenvalue weighted by atomic mass is 15.1. The van der Waals surface area contributed by atoms with Crippen molar-refractivity contribution < 1.29 is 0 Å². The first kappa shape index (κ1) is 29.9. The van der Waals surface area contributed by atoms with E-state index in [1.807, 2.05) is 0 Å². The normalized spacial score (nSPS) is 13.6. The Morgan fingerprint density at radius 2 is 1.00 bits per heavy atom. The maximum Gasteiger partial charge on any atom is 0.0726 e. The van der Waals surface area contributed by atoms with Crippen molar-refractivity contribution in [2.75, 3.05) is 4.90 Å².